The van der Waals surface area contributed by atoms with E-state index in [-0.39, 0.29) is 29.1 Å². The zero-order chi connectivity index (χ0) is 18.8. The molecule has 0 fully saturated rings. The van der Waals surface area contributed by atoms with Gasteiger partial charge in [0.2, 0.25) is 0 Å². The van der Waals surface area contributed by atoms with Gasteiger partial charge in [-0.2, -0.15) is 0 Å². The van der Waals surface area contributed by atoms with Crippen LogP contribution in [0.3, 0.4) is 0 Å². The second kappa shape index (κ2) is 7.04. The third kappa shape index (κ3) is 3.21. The van der Waals surface area contributed by atoms with Crippen LogP contribution in [-0.2, 0) is 17.9 Å². The van der Waals surface area contributed by atoms with Crippen molar-refractivity contribution in [2.45, 2.75) is 20.1 Å². The van der Waals surface area contributed by atoms with Crippen molar-refractivity contribution in [3.63, 3.8) is 0 Å². The number of ether oxygens (including phenoxy) is 2. The summed E-state index contributed by atoms with van der Waals surface area (Å²) in [5, 5.41) is -0.112. The maximum absolute atomic E-state index is 12.3. The molecule has 2 heterocycles. The first-order valence-corrected chi connectivity index (χ1v) is 8.11. The van der Waals surface area contributed by atoms with Gasteiger partial charge in [0.25, 0.3) is 0 Å². The van der Waals surface area contributed by atoms with Crippen molar-refractivity contribution >= 4 is 40.2 Å². The van der Waals surface area contributed by atoms with E-state index in [2.05, 4.69) is 15.0 Å². The van der Waals surface area contributed by atoms with E-state index in [1.165, 1.54) is 0 Å². The molecule has 3 aromatic rings. The lowest BCUT2D eigenvalue weighted by Crippen LogP contribution is -2.15. The number of methoxy groups -OCH3 is 1. The summed E-state index contributed by atoms with van der Waals surface area (Å²) in [5.74, 6) is 0.338. The summed E-state index contributed by atoms with van der Waals surface area (Å²) in [6.45, 7) is 2.55. The number of esters is 1. The Hall–Kier alpha value is -3.07. The van der Waals surface area contributed by atoms with E-state index >= 15 is 0 Å². The quantitative estimate of drug-likeness (QED) is 0.646. The first-order valence-electron chi connectivity index (χ1n) is 7.73. The van der Waals surface area contributed by atoms with Crippen LogP contribution in [0.25, 0.3) is 11.0 Å². The molecule has 26 heavy (non-hydrogen) atoms. The number of nitrogens with two attached hydrogens (primary N) is 2. The molecular weight excluding hydrogens is 360 g/mol. The highest BCUT2D eigenvalue weighted by Crippen LogP contribution is 2.23. The number of hydrogen-bond acceptors (Lipinski definition) is 8. The summed E-state index contributed by atoms with van der Waals surface area (Å²) in [5.41, 5.74) is 12.6. The standard InChI is InChI=1S/C16H17ClN6O3/c1-3-23-10-6-8(25-2)4-5-9(10)20-11(23)7-26-16(24)12-14(18)22-15(19)13(17)21-12/h4-6H,3,7H2,1-2H3,(H4,18,19,22). The zero-order valence-electron chi connectivity index (χ0n) is 14.2. The lowest BCUT2D eigenvalue weighted by molar-refractivity contribution is 0.0453. The summed E-state index contributed by atoms with van der Waals surface area (Å²) in [6, 6.07) is 5.53. The van der Waals surface area contributed by atoms with Crippen molar-refractivity contribution < 1.29 is 14.3 Å². The number of rotatable bonds is 5. The number of carbonyl (C=O) groups excluding carboxylic acids is 1. The fourth-order valence-corrected chi connectivity index (χ4v) is 2.66. The molecule has 9 nitrogen and oxygen atoms in total. The summed E-state index contributed by atoms with van der Waals surface area (Å²) in [6.07, 6.45) is 0. The predicted octanol–water partition coefficient (Wildman–Crippen LogP) is 2.03. The third-order valence-corrected chi connectivity index (χ3v) is 4.06. The molecule has 0 saturated carbocycles. The van der Waals surface area contributed by atoms with Gasteiger partial charge in [-0.3, -0.25) is 0 Å². The van der Waals surface area contributed by atoms with Crippen molar-refractivity contribution in [1.82, 2.24) is 19.5 Å². The molecule has 0 aliphatic heterocycles. The number of hydrogen-bond donors (Lipinski definition) is 2. The maximum Gasteiger partial charge on any atom is 0.361 e. The Bertz CT molecular complexity index is 988. The zero-order valence-corrected chi connectivity index (χ0v) is 14.9. The molecular formula is C16H17ClN6O3. The van der Waals surface area contributed by atoms with Gasteiger partial charge < -0.3 is 25.5 Å². The van der Waals surface area contributed by atoms with Crippen LogP contribution in [0.2, 0.25) is 5.15 Å². The van der Waals surface area contributed by atoms with Gasteiger partial charge in [-0.25, -0.2) is 19.7 Å². The Morgan fingerprint density at radius 2 is 2.00 bits per heavy atom. The highest BCUT2D eigenvalue weighted by molar-refractivity contribution is 6.31. The van der Waals surface area contributed by atoms with E-state index in [1.807, 2.05) is 29.7 Å². The number of aromatic nitrogens is 4. The van der Waals surface area contributed by atoms with E-state index in [0.717, 1.165) is 16.8 Å². The first-order chi connectivity index (χ1) is 12.4. The normalized spacial score (nSPS) is 10.9. The van der Waals surface area contributed by atoms with Gasteiger partial charge >= 0.3 is 5.97 Å². The Kier molecular flexibility index (Phi) is 4.81. The number of imidazole rings is 1. The number of nitrogens with zero attached hydrogens (tertiary/aromatic N) is 4. The summed E-state index contributed by atoms with van der Waals surface area (Å²) >= 11 is 5.79. The van der Waals surface area contributed by atoms with Crippen LogP contribution in [0.15, 0.2) is 18.2 Å². The molecule has 0 amide bonds. The molecule has 0 aliphatic carbocycles. The molecule has 0 aliphatic rings. The molecule has 0 spiro atoms. The average molecular weight is 377 g/mol. The van der Waals surface area contributed by atoms with E-state index in [0.29, 0.717) is 12.4 Å². The second-order valence-corrected chi connectivity index (χ2v) is 5.69. The lowest BCUT2D eigenvalue weighted by atomic mass is 10.3. The topological polar surface area (TPSA) is 131 Å². The molecule has 10 heteroatoms. The van der Waals surface area contributed by atoms with Crippen LogP contribution in [0.1, 0.15) is 23.2 Å². The van der Waals surface area contributed by atoms with Crippen molar-refractivity contribution in [3.05, 3.63) is 34.9 Å². The van der Waals surface area contributed by atoms with E-state index < -0.39 is 5.97 Å². The number of carbonyl (C=O) groups is 1. The van der Waals surface area contributed by atoms with Gasteiger partial charge in [-0.1, -0.05) is 11.6 Å². The van der Waals surface area contributed by atoms with Crippen LogP contribution >= 0.6 is 11.6 Å². The largest absolute Gasteiger partial charge is 0.497 e. The predicted molar refractivity (Wildman–Crippen MR) is 96.9 cm³/mol. The summed E-state index contributed by atoms with van der Waals surface area (Å²) < 4.78 is 12.5. The fraction of sp³-hybridized carbons (Fsp3) is 0.250. The third-order valence-electron chi connectivity index (χ3n) is 3.78. The molecule has 4 N–H and O–H groups in total. The van der Waals surface area contributed by atoms with Gasteiger partial charge in [0.1, 0.15) is 18.2 Å². The number of aryl methyl sites for hydroxylation is 1. The highest BCUT2D eigenvalue weighted by Gasteiger charge is 2.19. The minimum absolute atomic E-state index is 0.0533. The van der Waals surface area contributed by atoms with E-state index in [1.54, 1.807) is 7.11 Å². The molecule has 3 rings (SSSR count). The van der Waals surface area contributed by atoms with E-state index in [4.69, 9.17) is 32.5 Å². The maximum atomic E-state index is 12.3. The molecule has 0 saturated heterocycles. The molecule has 1 aromatic carbocycles. The Balaban J connectivity index is 1.85. The first kappa shape index (κ1) is 17.7. The molecule has 0 atom stereocenters. The number of halogens is 1. The summed E-state index contributed by atoms with van der Waals surface area (Å²) in [7, 11) is 1.60. The molecule has 2 aromatic heterocycles. The Morgan fingerprint density at radius 1 is 1.23 bits per heavy atom. The number of anilines is 2. The van der Waals surface area contributed by atoms with Gasteiger partial charge in [-0.05, 0) is 19.1 Å². The van der Waals surface area contributed by atoms with Gasteiger partial charge in [0.05, 0.1) is 18.1 Å². The minimum atomic E-state index is -0.760. The van der Waals surface area contributed by atoms with Crippen LogP contribution < -0.4 is 16.2 Å². The smallest absolute Gasteiger partial charge is 0.361 e. The van der Waals surface area contributed by atoms with Gasteiger partial charge in [0, 0.05) is 12.6 Å². The molecule has 0 radical (unpaired) electrons. The number of fused-ring (bicyclic) bond motifs is 1. The Morgan fingerprint density at radius 3 is 2.69 bits per heavy atom. The second-order valence-electron chi connectivity index (χ2n) is 5.34. The summed E-state index contributed by atoms with van der Waals surface area (Å²) in [4.78, 5) is 24.3. The highest BCUT2D eigenvalue weighted by atomic mass is 35.5. The average Bonchev–Trinajstić information content (AvgIpc) is 2.99. The number of benzene rings is 1. The Labute approximate surface area is 153 Å². The fourth-order valence-electron chi connectivity index (χ4n) is 2.53. The van der Waals surface area contributed by atoms with E-state index in [9.17, 15) is 4.79 Å². The van der Waals surface area contributed by atoms with Crippen molar-refractivity contribution in [2.24, 2.45) is 0 Å². The lowest BCUT2D eigenvalue weighted by Gasteiger charge is -2.09. The van der Waals surface area contributed by atoms with Crippen LogP contribution in [0.4, 0.5) is 11.6 Å². The van der Waals surface area contributed by atoms with Crippen molar-refractivity contribution in [1.29, 1.82) is 0 Å². The minimum Gasteiger partial charge on any atom is -0.497 e. The molecule has 136 valence electrons. The van der Waals surface area contributed by atoms with Crippen LogP contribution in [0.5, 0.6) is 5.75 Å². The molecule has 0 unspecified atom stereocenters. The van der Waals surface area contributed by atoms with Gasteiger partial charge in [0.15, 0.2) is 22.5 Å². The van der Waals surface area contributed by atoms with Crippen LogP contribution in [-0.4, -0.2) is 32.6 Å². The van der Waals surface area contributed by atoms with Crippen LogP contribution in [0, 0.1) is 0 Å². The molecule has 0 bridgehead atoms. The number of nitrogen functional groups attached to an aromatic ring is 2. The van der Waals surface area contributed by atoms with Crippen molar-refractivity contribution in [2.75, 3.05) is 18.6 Å². The van der Waals surface area contributed by atoms with Crippen molar-refractivity contribution in [3.8, 4) is 5.75 Å². The van der Waals surface area contributed by atoms with Gasteiger partial charge in [-0.15, -0.1) is 0 Å². The monoisotopic (exact) mass is 376 g/mol. The SMILES string of the molecule is CCn1c(COC(=O)c2nc(Cl)c(N)nc2N)nc2ccc(OC)cc21.